The molecule has 0 unspecified atom stereocenters. The normalized spacial score (nSPS) is 20.3. The third-order valence-corrected chi connectivity index (χ3v) is 4.98. The van der Waals surface area contributed by atoms with E-state index >= 15 is 0 Å². The molecule has 19 heavy (non-hydrogen) atoms. The number of fused-ring (bicyclic) bond motifs is 1. The summed E-state index contributed by atoms with van der Waals surface area (Å²) in [5.74, 6) is 2.36. The summed E-state index contributed by atoms with van der Waals surface area (Å²) in [6.45, 7) is 9.14. The second-order valence-electron chi connectivity index (χ2n) is 7.03. The molecule has 1 aromatic rings. The van der Waals surface area contributed by atoms with Crippen molar-refractivity contribution in [2.24, 2.45) is 0 Å². The first-order valence-corrected chi connectivity index (χ1v) is 7.86. The molecule has 1 aliphatic carbocycles. The van der Waals surface area contributed by atoms with Gasteiger partial charge in [0.15, 0.2) is 0 Å². The molecular weight excluding hydrogens is 232 g/mol. The van der Waals surface area contributed by atoms with Crippen LogP contribution in [0.5, 0.6) is 5.75 Å². The Hall–Kier alpha value is -0.980. The molecule has 1 aliphatic heterocycles. The van der Waals surface area contributed by atoms with Gasteiger partial charge in [0.25, 0.3) is 0 Å². The van der Waals surface area contributed by atoms with Crippen LogP contribution in [0.1, 0.15) is 81.9 Å². The summed E-state index contributed by atoms with van der Waals surface area (Å²) < 4.78 is 6.44. The van der Waals surface area contributed by atoms with Crippen molar-refractivity contribution in [3.05, 3.63) is 28.8 Å². The van der Waals surface area contributed by atoms with E-state index in [1.54, 1.807) is 0 Å². The average molecular weight is 258 g/mol. The van der Waals surface area contributed by atoms with Gasteiger partial charge in [0.05, 0.1) is 0 Å². The van der Waals surface area contributed by atoms with Crippen LogP contribution in [0.4, 0.5) is 0 Å². The number of rotatable bonds is 2. The number of benzene rings is 1. The molecule has 0 N–H and O–H groups in total. The van der Waals surface area contributed by atoms with Gasteiger partial charge < -0.3 is 4.74 Å². The Kier molecular flexibility index (Phi) is 3.11. The van der Waals surface area contributed by atoms with E-state index in [2.05, 4.69) is 39.8 Å². The molecule has 0 bridgehead atoms. The molecule has 1 heterocycles. The average Bonchev–Trinajstić information content (AvgIpc) is 2.34. The van der Waals surface area contributed by atoms with Crippen LogP contribution in [0, 0.1) is 0 Å². The Balaban J connectivity index is 2.04. The lowest BCUT2D eigenvalue weighted by Crippen LogP contribution is -2.45. The topological polar surface area (TPSA) is 9.23 Å². The van der Waals surface area contributed by atoms with Gasteiger partial charge in [-0.15, -0.1) is 0 Å². The van der Waals surface area contributed by atoms with Crippen molar-refractivity contribution in [2.45, 2.75) is 77.2 Å². The summed E-state index contributed by atoms with van der Waals surface area (Å²) in [7, 11) is 0. The first-order chi connectivity index (χ1) is 9.01. The SMILES string of the molecule is CC(C)c1cc2c(c(C(C)C)c1)CCC1(CCC1)O2. The molecule has 0 amide bonds. The molecule has 1 spiro atoms. The maximum atomic E-state index is 6.44. The fourth-order valence-electron chi connectivity index (χ4n) is 3.46. The third-order valence-electron chi connectivity index (χ3n) is 4.98. The Morgan fingerprint density at radius 3 is 2.26 bits per heavy atom. The molecular formula is C18H26O. The molecule has 3 rings (SSSR count). The van der Waals surface area contributed by atoms with Crippen LogP contribution in [0.15, 0.2) is 12.1 Å². The van der Waals surface area contributed by atoms with E-state index in [9.17, 15) is 0 Å². The van der Waals surface area contributed by atoms with E-state index in [1.165, 1.54) is 54.5 Å². The molecule has 0 atom stereocenters. The zero-order chi connectivity index (χ0) is 13.6. The Labute approximate surface area is 117 Å². The molecule has 2 aliphatic rings. The maximum absolute atomic E-state index is 6.44. The van der Waals surface area contributed by atoms with Gasteiger partial charge in [-0.3, -0.25) is 0 Å². The molecule has 1 aromatic carbocycles. The lowest BCUT2D eigenvalue weighted by molar-refractivity contribution is -0.0252. The van der Waals surface area contributed by atoms with Crippen LogP contribution in [0.25, 0.3) is 0 Å². The summed E-state index contributed by atoms with van der Waals surface area (Å²) in [5, 5.41) is 0. The van der Waals surface area contributed by atoms with Crippen LogP contribution >= 0.6 is 0 Å². The molecule has 1 saturated carbocycles. The van der Waals surface area contributed by atoms with E-state index in [1.807, 2.05) is 0 Å². The molecule has 1 fully saturated rings. The minimum Gasteiger partial charge on any atom is -0.487 e. The highest BCUT2D eigenvalue weighted by molar-refractivity contribution is 5.48. The number of hydrogen-bond acceptors (Lipinski definition) is 1. The number of hydrogen-bond donors (Lipinski definition) is 0. The van der Waals surface area contributed by atoms with Crippen molar-refractivity contribution in [2.75, 3.05) is 0 Å². The van der Waals surface area contributed by atoms with Crippen molar-refractivity contribution in [1.29, 1.82) is 0 Å². The zero-order valence-electron chi connectivity index (χ0n) is 12.8. The van der Waals surface area contributed by atoms with E-state index in [0.717, 1.165) is 0 Å². The number of ether oxygens (including phenoxy) is 1. The lowest BCUT2D eigenvalue weighted by Gasteiger charge is -2.46. The van der Waals surface area contributed by atoms with Gasteiger partial charge in [0.2, 0.25) is 0 Å². The first-order valence-electron chi connectivity index (χ1n) is 7.86. The molecule has 0 radical (unpaired) electrons. The van der Waals surface area contributed by atoms with Gasteiger partial charge in [-0.2, -0.15) is 0 Å². The van der Waals surface area contributed by atoms with Crippen molar-refractivity contribution >= 4 is 0 Å². The van der Waals surface area contributed by atoms with Crippen molar-refractivity contribution in [1.82, 2.24) is 0 Å². The van der Waals surface area contributed by atoms with E-state index in [-0.39, 0.29) is 5.60 Å². The summed E-state index contributed by atoms with van der Waals surface area (Å²) in [4.78, 5) is 0. The highest BCUT2D eigenvalue weighted by Gasteiger charge is 2.42. The summed E-state index contributed by atoms with van der Waals surface area (Å²) in [5.41, 5.74) is 4.63. The Bertz CT molecular complexity index is 481. The smallest absolute Gasteiger partial charge is 0.123 e. The van der Waals surface area contributed by atoms with Gasteiger partial charge in [-0.1, -0.05) is 33.8 Å². The van der Waals surface area contributed by atoms with Crippen LogP contribution in [-0.4, -0.2) is 5.60 Å². The van der Waals surface area contributed by atoms with E-state index < -0.39 is 0 Å². The quantitative estimate of drug-likeness (QED) is 0.710. The van der Waals surface area contributed by atoms with Crippen molar-refractivity contribution in [3.63, 3.8) is 0 Å². The van der Waals surface area contributed by atoms with Gasteiger partial charge in [0, 0.05) is 0 Å². The third kappa shape index (κ3) is 2.17. The van der Waals surface area contributed by atoms with Gasteiger partial charge >= 0.3 is 0 Å². The molecule has 1 heteroatoms. The second kappa shape index (κ2) is 4.54. The van der Waals surface area contributed by atoms with Crippen LogP contribution in [-0.2, 0) is 6.42 Å². The molecule has 1 nitrogen and oxygen atoms in total. The largest absolute Gasteiger partial charge is 0.487 e. The van der Waals surface area contributed by atoms with Gasteiger partial charge in [-0.05, 0) is 66.7 Å². The van der Waals surface area contributed by atoms with E-state index in [0.29, 0.717) is 11.8 Å². The minimum absolute atomic E-state index is 0.205. The fourth-order valence-corrected chi connectivity index (χ4v) is 3.46. The van der Waals surface area contributed by atoms with Crippen LogP contribution in [0.2, 0.25) is 0 Å². The van der Waals surface area contributed by atoms with Crippen molar-refractivity contribution < 1.29 is 4.74 Å². The Morgan fingerprint density at radius 2 is 1.74 bits per heavy atom. The zero-order valence-corrected chi connectivity index (χ0v) is 12.8. The standard InChI is InChI=1S/C18H26O/c1-12(2)14-10-16(13(3)4)15-6-9-18(7-5-8-18)19-17(15)11-14/h10-13H,5-9H2,1-4H3. The maximum Gasteiger partial charge on any atom is 0.123 e. The summed E-state index contributed by atoms with van der Waals surface area (Å²) in [6, 6.07) is 4.72. The Morgan fingerprint density at radius 1 is 1.00 bits per heavy atom. The monoisotopic (exact) mass is 258 g/mol. The van der Waals surface area contributed by atoms with Crippen molar-refractivity contribution in [3.8, 4) is 5.75 Å². The van der Waals surface area contributed by atoms with Crippen LogP contribution in [0.3, 0.4) is 0 Å². The predicted molar refractivity (Wildman–Crippen MR) is 80.2 cm³/mol. The molecule has 104 valence electrons. The summed E-state index contributed by atoms with van der Waals surface area (Å²) >= 11 is 0. The second-order valence-corrected chi connectivity index (χ2v) is 7.03. The van der Waals surface area contributed by atoms with Crippen LogP contribution < -0.4 is 4.74 Å². The van der Waals surface area contributed by atoms with Gasteiger partial charge in [-0.25, -0.2) is 0 Å². The molecule has 0 saturated heterocycles. The van der Waals surface area contributed by atoms with E-state index in [4.69, 9.17) is 4.74 Å². The highest BCUT2D eigenvalue weighted by atomic mass is 16.5. The molecule has 0 aromatic heterocycles. The summed E-state index contributed by atoms with van der Waals surface area (Å²) in [6.07, 6.45) is 6.29. The highest BCUT2D eigenvalue weighted by Crippen LogP contribution is 2.47. The minimum atomic E-state index is 0.205. The predicted octanol–water partition coefficient (Wildman–Crippen LogP) is 5.18. The lowest BCUT2D eigenvalue weighted by atomic mass is 9.73. The first kappa shape index (κ1) is 13.0. The fraction of sp³-hybridized carbons (Fsp3) is 0.667. The van der Waals surface area contributed by atoms with Gasteiger partial charge in [0.1, 0.15) is 11.4 Å².